The van der Waals surface area contributed by atoms with Crippen LogP contribution in [0.5, 0.6) is 0 Å². The molecule has 0 radical (unpaired) electrons. The summed E-state index contributed by atoms with van der Waals surface area (Å²) in [5.41, 5.74) is 3.59. The molecule has 5 heteroatoms. The van der Waals surface area contributed by atoms with E-state index in [4.69, 9.17) is 0 Å². The molecule has 4 nitrogen and oxygen atoms in total. The van der Waals surface area contributed by atoms with Crippen LogP contribution in [0.15, 0.2) is 60.9 Å². The number of carbonyl (C=O) groups excluding carboxylic acids is 1. The molecular formula is C22H22FN3O. The molecule has 0 N–H and O–H groups in total. The van der Waals surface area contributed by atoms with Gasteiger partial charge in [0.2, 0.25) is 0 Å². The molecule has 4 rings (SSSR count). The largest absolute Gasteiger partial charge is 0.339 e. The van der Waals surface area contributed by atoms with Crippen LogP contribution in [-0.2, 0) is 0 Å². The van der Waals surface area contributed by atoms with Gasteiger partial charge in [-0.3, -0.25) is 4.79 Å². The first-order valence-corrected chi connectivity index (χ1v) is 9.27. The molecule has 3 aromatic rings. The van der Waals surface area contributed by atoms with Gasteiger partial charge in [0.25, 0.3) is 5.91 Å². The summed E-state index contributed by atoms with van der Waals surface area (Å²) in [6.45, 7) is 3.33. The molecule has 0 saturated carbocycles. The molecule has 0 unspecified atom stereocenters. The number of rotatable bonds is 3. The highest BCUT2D eigenvalue weighted by Crippen LogP contribution is 2.29. The second kappa shape index (κ2) is 7.35. The van der Waals surface area contributed by atoms with Gasteiger partial charge in [0, 0.05) is 19.3 Å². The summed E-state index contributed by atoms with van der Waals surface area (Å²) in [7, 11) is 0. The Balaban J connectivity index is 1.43. The van der Waals surface area contributed by atoms with Crippen molar-refractivity contribution >= 4 is 5.91 Å². The summed E-state index contributed by atoms with van der Waals surface area (Å²) in [5.74, 6) is -0.306. The average Bonchev–Trinajstić information content (AvgIpc) is 3.18. The third kappa shape index (κ3) is 3.63. The highest BCUT2D eigenvalue weighted by Gasteiger charge is 2.26. The fraction of sp³-hybridized carbons (Fsp3) is 0.273. The SMILES string of the molecule is Cc1cccc(-n2cc(C3CCN(C(=O)c4ccccc4F)CC3)cn2)c1. The lowest BCUT2D eigenvalue weighted by molar-refractivity contribution is 0.0708. The normalized spacial score (nSPS) is 15.1. The molecule has 1 fully saturated rings. The zero-order valence-corrected chi connectivity index (χ0v) is 15.3. The summed E-state index contributed by atoms with van der Waals surface area (Å²) >= 11 is 0. The Labute approximate surface area is 158 Å². The maximum Gasteiger partial charge on any atom is 0.256 e. The van der Waals surface area contributed by atoms with Crippen LogP contribution in [0.25, 0.3) is 5.69 Å². The number of piperidine rings is 1. The number of aromatic nitrogens is 2. The second-order valence-electron chi connectivity index (χ2n) is 7.10. The average molecular weight is 363 g/mol. The minimum absolute atomic E-state index is 0.156. The van der Waals surface area contributed by atoms with Crippen molar-refractivity contribution in [1.82, 2.24) is 14.7 Å². The van der Waals surface area contributed by atoms with E-state index in [1.807, 2.05) is 23.0 Å². The maximum atomic E-state index is 13.9. The molecule has 0 spiro atoms. The summed E-state index contributed by atoms with van der Waals surface area (Å²) < 4.78 is 15.8. The Bertz CT molecular complexity index is 957. The van der Waals surface area contributed by atoms with Crippen LogP contribution in [0.4, 0.5) is 4.39 Å². The van der Waals surface area contributed by atoms with Crippen molar-refractivity contribution in [2.75, 3.05) is 13.1 Å². The summed E-state index contributed by atoms with van der Waals surface area (Å²) in [4.78, 5) is 14.3. The van der Waals surface area contributed by atoms with Crippen LogP contribution in [0.3, 0.4) is 0 Å². The molecule has 1 aliphatic heterocycles. The first-order chi connectivity index (χ1) is 13.1. The van der Waals surface area contributed by atoms with Gasteiger partial charge in [0.15, 0.2) is 0 Å². The molecule has 0 aliphatic carbocycles. The van der Waals surface area contributed by atoms with Crippen molar-refractivity contribution < 1.29 is 9.18 Å². The monoisotopic (exact) mass is 363 g/mol. The number of likely N-dealkylation sites (tertiary alicyclic amines) is 1. The van der Waals surface area contributed by atoms with Crippen LogP contribution in [-0.4, -0.2) is 33.7 Å². The number of carbonyl (C=O) groups is 1. The zero-order valence-electron chi connectivity index (χ0n) is 15.3. The van der Waals surface area contributed by atoms with Gasteiger partial charge in [-0.15, -0.1) is 0 Å². The molecule has 2 heterocycles. The molecule has 1 aliphatic rings. The van der Waals surface area contributed by atoms with Crippen molar-refractivity contribution in [1.29, 1.82) is 0 Å². The van der Waals surface area contributed by atoms with E-state index in [0.717, 1.165) is 18.5 Å². The predicted octanol–water partition coefficient (Wildman–Crippen LogP) is 4.34. The molecular weight excluding hydrogens is 341 g/mol. The molecule has 0 atom stereocenters. The standard InChI is InChI=1S/C22H22FN3O/c1-16-5-4-6-19(13-16)26-15-18(14-24-26)17-9-11-25(12-10-17)22(27)20-7-2-3-8-21(20)23/h2-8,13-15,17H,9-12H2,1H3. The second-order valence-corrected chi connectivity index (χ2v) is 7.10. The van der Waals surface area contributed by atoms with E-state index in [-0.39, 0.29) is 11.5 Å². The van der Waals surface area contributed by atoms with Crippen molar-refractivity contribution in [3.63, 3.8) is 0 Å². The number of nitrogens with zero attached hydrogens (tertiary/aromatic N) is 3. The zero-order chi connectivity index (χ0) is 18.8. The minimum atomic E-state index is -0.455. The Kier molecular flexibility index (Phi) is 4.75. The number of aryl methyl sites for hydroxylation is 1. The van der Waals surface area contributed by atoms with Gasteiger partial charge >= 0.3 is 0 Å². The molecule has 0 bridgehead atoms. The predicted molar refractivity (Wildman–Crippen MR) is 103 cm³/mol. The van der Waals surface area contributed by atoms with E-state index >= 15 is 0 Å². The van der Waals surface area contributed by atoms with Crippen LogP contribution in [0.2, 0.25) is 0 Å². The Morgan fingerprint density at radius 3 is 2.63 bits per heavy atom. The lowest BCUT2D eigenvalue weighted by atomic mass is 9.91. The van der Waals surface area contributed by atoms with Crippen molar-refractivity contribution in [2.45, 2.75) is 25.7 Å². The van der Waals surface area contributed by atoms with E-state index in [9.17, 15) is 9.18 Å². The molecule has 1 aromatic heterocycles. The van der Waals surface area contributed by atoms with Crippen molar-refractivity contribution in [2.24, 2.45) is 0 Å². The molecule has 27 heavy (non-hydrogen) atoms. The molecule has 1 saturated heterocycles. The fourth-order valence-electron chi connectivity index (χ4n) is 3.68. The number of hydrogen-bond donors (Lipinski definition) is 0. The lowest BCUT2D eigenvalue weighted by Crippen LogP contribution is -2.38. The quantitative estimate of drug-likeness (QED) is 0.694. The highest BCUT2D eigenvalue weighted by atomic mass is 19.1. The molecule has 1 amide bonds. The van der Waals surface area contributed by atoms with E-state index in [1.54, 1.807) is 23.1 Å². The van der Waals surface area contributed by atoms with E-state index < -0.39 is 5.82 Å². The van der Waals surface area contributed by atoms with E-state index in [0.29, 0.717) is 19.0 Å². The number of amides is 1. The van der Waals surface area contributed by atoms with Crippen LogP contribution in [0, 0.1) is 12.7 Å². The van der Waals surface area contributed by atoms with E-state index in [2.05, 4.69) is 30.4 Å². The first-order valence-electron chi connectivity index (χ1n) is 9.27. The highest BCUT2D eigenvalue weighted by molar-refractivity contribution is 5.94. The fourth-order valence-corrected chi connectivity index (χ4v) is 3.68. The van der Waals surface area contributed by atoms with Gasteiger partial charge in [-0.1, -0.05) is 24.3 Å². The van der Waals surface area contributed by atoms with Crippen molar-refractivity contribution in [3.8, 4) is 5.69 Å². The Morgan fingerprint density at radius 1 is 1.11 bits per heavy atom. The third-order valence-electron chi connectivity index (χ3n) is 5.23. The van der Waals surface area contributed by atoms with Crippen LogP contribution >= 0.6 is 0 Å². The minimum Gasteiger partial charge on any atom is -0.339 e. The molecule has 2 aromatic carbocycles. The number of halogens is 1. The maximum absolute atomic E-state index is 13.9. The van der Waals surface area contributed by atoms with Gasteiger partial charge in [-0.2, -0.15) is 5.10 Å². The lowest BCUT2D eigenvalue weighted by Gasteiger charge is -2.31. The van der Waals surface area contributed by atoms with Crippen LogP contribution < -0.4 is 0 Å². The molecule has 138 valence electrons. The smallest absolute Gasteiger partial charge is 0.256 e. The van der Waals surface area contributed by atoms with Gasteiger partial charge < -0.3 is 4.90 Å². The third-order valence-corrected chi connectivity index (χ3v) is 5.23. The van der Waals surface area contributed by atoms with E-state index in [1.165, 1.54) is 17.2 Å². The summed E-state index contributed by atoms with van der Waals surface area (Å²) in [6, 6.07) is 14.4. The van der Waals surface area contributed by atoms with Gasteiger partial charge in [0.1, 0.15) is 5.82 Å². The summed E-state index contributed by atoms with van der Waals surface area (Å²) in [5, 5.41) is 4.50. The first kappa shape index (κ1) is 17.5. The van der Waals surface area contributed by atoms with Gasteiger partial charge in [0.05, 0.1) is 17.4 Å². The number of benzene rings is 2. The Morgan fingerprint density at radius 2 is 1.89 bits per heavy atom. The Hall–Kier alpha value is -2.95. The van der Waals surface area contributed by atoms with Gasteiger partial charge in [-0.25, -0.2) is 9.07 Å². The topological polar surface area (TPSA) is 38.1 Å². The summed E-state index contributed by atoms with van der Waals surface area (Å²) in [6.07, 6.45) is 5.72. The van der Waals surface area contributed by atoms with Crippen LogP contribution in [0.1, 0.15) is 40.2 Å². The number of hydrogen-bond acceptors (Lipinski definition) is 2. The van der Waals surface area contributed by atoms with Gasteiger partial charge in [-0.05, 0) is 61.1 Å². The van der Waals surface area contributed by atoms with Crippen molar-refractivity contribution in [3.05, 3.63) is 83.4 Å².